The lowest BCUT2D eigenvalue weighted by atomic mass is 10.0. The van der Waals surface area contributed by atoms with Gasteiger partial charge in [0.15, 0.2) is 18.1 Å². The molecule has 1 unspecified atom stereocenters. The molecule has 12 nitrogen and oxygen atoms in total. The van der Waals surface area contributed by atoms with Crippen LogP contribution in [0.2, 0.25) is 0 Å². The number of carboxylic acids is 1. The Morgan fingerprint density at radius 2 is 1.86 bits per heavy atom. The number of amides is 3. The molecule has 2 heterocycles. The second kappa shape index (κ2) is 9.79. The standard InChI is InChI=1S/C23H22N4O8/c1-33-17-8-12(9-18(34-2)21(17)35-11-20(29)30)25-26-15-5-3-4-13-14(15)10-27(23(13)32)16-6-7-19(28)24-22(16)31/h3-5,8-9,16H,6-7,10-11H2,1-2H3,(H,29,30)(H,24,28,31). The molecule has 2 aliphatic rings. The van der Waals surface area contributed by atoms with Gasteiger partial charge in [0, 0.05) is 36.2 Å². The zero-order valence-corrected chi connectivity index (χ0v) is 18.9. The smallest absolute Gasteiger partial charge is 0.341 e. The van der Waals surface area contributed by atoms with E-state index in [-0.39, 0.29) is 48.4 Å². The number of nitrogens with one attached hydrogen (secondary N) is 1. The van der Waals surface area contributed by atoms with Gasteiger partial charge in [-0.2, -0.15) is 10.2 Å². The summed E-state index contributed by atoms with van der Waals surface area (Å²) in [5.41, 5.74) is 1.81. The average Bonchev–Trinajstić information content (AvgIpc) is 3.17. The fourth-order valence-electron chi connectivity index (χ4n) is 3.97. The van der Waals surface area contributed by atoms with E-state index < -0.39 is 24.5 Å². The van der Waals surface area contributed by atoms with Crippen molar-refractivity contribution in [3.8, 4) is 17.2 Å². The van der Waals surface area contributed by atoms with Crippen LogP contribution in [0.3, 0.4) is 0 Å². The van der Waals surface area contributed by atoms with Gasteiger partial charge in [0.25, 0.3) is 5.91 Å². The van der Waals surface area contributed by atoms with Gasteiger partial charge in [0.1, 0.15) is 6.04 Å². The highest BCUT2D eigenvalue weighted by Crippen LogP contribution is 2.42. The number of nitrogens with zero attached hydrogens (tertiary/aromatic N) is 3. The van der Waals surface area contributed by atoms with Gasteiger partial charge in [-0.25, -0.2) is 4.79 Å². The van der Waals surface area contributed by atoms with Crippen molar-refractivity contribution < 1.29 is 38.5 Å². The summed E-state index contributed by atoms with van der Waals surface area (Å²) in [4.78, 5) is 49.0. The van der Waals surface area contributed by atoms with E-state index in [2.05, 4.69) is 15.5 Å². The van der Waals surface area contributed by atoms with Crippen LogP contribution in [0.25, 0.3) is 0 Å². The quantitative estimate of drug-likeness (QED) is 0.429. The van der Waals surface area contributed by atoms with Gasteiger partial charge in [-0.1, -0.05) is 6.07 Å². The second-order valence-electron chi connectivity index (χ2n) is 7.77. The Morgan fingerprint density at radius 3 is 2.49 bits per heavy atom. The summed E-state index contributed by atoms with van der Waals surface area (Å²) in [6, 6.07) is 7.30. The normalized spacial score (nSPS) is 17.4. The van der Waals surface area contributed by atoms with Gasteiger partial charge in [0.05, 0.1) is 25.6 Å². The number of aliphatic carboxylic acids is 1. The van der Waals surface area contributed by atoms with Crippen molar-refractivity contribution in [3.05, 3.63) is 41.5 Å². The van der Waals surface area contributed by atoms with Crippen LogP contribution in [0.5, 0.6) is 17.2 Å². The van der Waals surface area contributed by atoms with Crippen LogP contribution in [0.4, 0.5) is 11.4 Å². The lowest BCUT2D eigenvalue weighted by molar-refractivity contribution is -0.139. The summed E-state index contributed by atoms with van der Waals surface area (Å²) in [5, 5.41) is 19.7. The summed E-state index contributed by atoms with van der Waals surface area (Å²) in [6.45, 7) is -0.425. The van der Waals surface area contributed by atoms with E-state index in [4.69, 9.17) is 19.3 Å². The van der Waals surface area contributed by atoms with Gasteiger partial charge in [0.2, 0.25) is 17.6 Å². The minimum absolute atomic E-state index is 0.113. The predicted octanol–water partition coefficient (Wildman–Crippen LogP) is 2.34. The average molecular weight is 482 g/mol. The van der Waals surface area contributed by atoms with Crippen LogP contribution >= 0.6 is 0 Å². The Bertz CT molecular complexity index is 1220. The SMILES string of the molecule is COc1cc(N=Nc2cccc3c2CN(C2CCC(=O)NC2=O)C3=O)cc(OC)c1OCC(=O)O. The third kappa shape index (κ3) is 4.76. The zero-order valence-electron chi connectivity index (χ0n) is 18.9. The van der Waals surface area contributed by atoms with Gasteiger partial charge >= 0.3 is 5.97 Å². The number of benzene rings is 2. The molecule has 2 aromatic rings. The number of carbonyl (C=O) groups excluding carboxylic acids is 3. The first-order valence-electron chi connectivity index (χ1n) is 10.6. The largest absolute Gasteiger partial charge is 0.493 e. The Balaban J connectivity index is 1.60. The molecule has 1 fully saturated rings. The Morgan fingerprint density at radius 1 is 1.14 bits per heavy atom. The topological polar surface area (TPSA) is 156 Å². The van der Waals surface area contributed by atoms with Gasteiger partial charge in [-0.3, -0.25) is 19.7 Å². The Labute approximate surface area is 199 Å². The first kappa shape index (κ1) is 23.7. The number of carbonyl (C=O) groups is 4. The molecule has 2 N–H and O–H groups in total. The lowest BCUT2D eigenvalue weighted by Crippen LogP contribution is -2.52. The minimum Gasteiger partial charge on any atom is -0.493 e. The molecular weight excluding hydrogens is 460 g/mol. The monoisotopic (exact) mass is 482 g/mol. The van der Waals surface area contributed by atoms with E-state index in [1.54, 1.807) is 18.2 Å². The molecule has 1 saturated heterocycles. The molecule has 0 saturated carbocycles. The van der Waals surface area contributed by atoms with Crippen molar-refractivity contribution in [1.82, 2.24) is 10.2 Å². The van der Waals surface area contributed by atoms with Crippen molar-refractivity contribution in [3.63, 3.8) is 0 Å². The Hall–Kier alpha value is -4.48. The third-order valence-electron chi connectivity index (χ3n) is 5.62. The van der Waals surface area contributed by atoms with E-state index in [1.807, 2.05) is 0 Å². The van der Waals surface area contributed by atoms with Crippen LogP contribution < -0.4 is 19.5 Å². The fourth-order valence-corrected chi connectivity index (χ4v) is 3.97. The van der Waals surface area contributed by atoms with Crippen molar-refractivity contribution >= 4 is 35.1 Å². The molecule has 3 amide bonds. The highest BCUT2D eigenvalue weighted by molar-refractivity contribution is 6.06. The number of imide groups is 1. The number of methoxy groups -OCH3 is 2. The van der Waals surface area contributed by atoms with Crippen LogP contribution in [0, 0.1) is 0 Å². The van der Waals surface area contributed by atoms with Crippen LogP contribution in [-0.2, 0) is 20.9 Å². The number of carboxylic acid groups (broad SMARTS) is 1. The molecule has 0 spiro atoms. The molecule has 4 rings (SSSR count). The molecule has 1 atom stereocenters. The van der Waals surface area contributed by atoms with Crippen molar-refractivity contribution in [1.29, 1.82) is 0 Å². The van der Waals surface area contributed by atoms with E-state index >= 15 is 0 Å². The van der Waals surface area contributed by atoms with Crippen LogP contribution in [0.1, 0.15) is 28.8 Å². The molecule has 2 aliphatic heterocycles. The van der Waals surface area contributed by atoms with Crippen LogP contribution in [-0.4, -0.2) is 60.6 Å². The zero-order chi connectivity index (χ0) is 25.1. The number of rotatable bonds is 8. The lowest BCUT2D eigenvalue weighted by Gasteiger charge is -2.29. The van der Waals surface area contributed by atoms with E-state index in [1.165, 1.54) is 31.3 Å². The van der Waals surface area contributed by atoms with Crippen molar-refractivity contribution in [2.24, 2.45) is 10.2 Å². The first-order chi connectivity index (χ1) is 16.8. The van der Waals surface area contributed by atoms with Gasteiger partial charge < -0.3 is 24.2 Å². The summed E-state index contributed by atoms with van der Waals surface area (Å²) < 4.78 is 15.8. The molecular formula is C23H22N4O8. The Kier molecular flexibility index (Phi) is 6.62. The highest BCUT2D eigenvalue weighted by atomic mass is 16.5. The molecule has 2 aromatic carbocycles. The number of hydrogen-bond donors (Lipinski definition) is 2. The molecule has 0 radical (unpaired) electrons. The maximum Gasteiger partial charge on any atom is 0.341 e. The molecule has 182 valence electrons. The van der Waals surface area contributed by atoms with Gasteiger partial charge in [-0.05, 0) is 18.6 Å². The fraction of sp³-hybridized carbons (Fsp3) is 0.304. The van der Waals surface area contributed by atoms with Crippen molar-refractivity contribution in [2.75, 3.05) is 20.8 Å². The van der Waals surface area contributed by atoms with Crippen molar-refractivity contribution in [2.45, 2.75) is 25.4 Å². The van der Waals surface area contributed by atoms with E-state index in [0.29, 0.717) is 22.5 Å². The minimum atomic E-state index is -1.16. The molecule has 12 heteroatoms. The number of azo groups is 1. The van der Waals surface area contributed by atoms with E-state index in [9.17, 15) is 19.2 Å². The van der Waals surface area contributed by atoms with E-state index in [0.717, 1.165) is 0 Å². The number of fused-ring (bicyclic) bond motifs is 1. The molecule has 0 aromatic heterocycles. The first-order valence-corrected chi connectivity index (χ1v) is 10.6. The molecule has 35 heavy (non-hydrogen) atoms. The maximum atomic E-state index is 13.0. The predicted molar refractivity (Wildman–Crippen MR) is 119 cm³/mol. The summed E-state index contributed by atoms with van der Waals surface area (Å²) in [5.74, 6) is -1.78. The number of ether oxygens (including phenoxy) is 3. The molecule has 0 bridgehead atoms. The molecule has 0 aliphatic carbocycles. The van der Waals surface area contributed by atoms with Gasteiger partial charge in [-0.15, -0.1) is 0 Å². The number of piperidine rings is 1. The summed E-state index contributed by atoms with van der Waals surface area (Å²) in [7, 11) is 2.78. The summed E-state index contributed by atoms with van der Waals surface area (Å²) in [6.07, 6.45) is 0.427. The van der Waals surface area contributed by atoms with Crippen LogP contribution in [0.15, 0.2) is 40.6 Å². The number of hydrogen-bond acceptors (Lipinski definition) is 9. The maximum absolute atomic E-state index is 13.0. The third-order valence-corrected chi connectivity index (χ3v) is 5.62. The second-order valence-corrected chi connectivity index (χ2v) is 7.77. The summed E-state index contributed by atoms with van der Waals surface area (Å²) >= 11 is 0. The highest BCUT2D eigenvalue weighted by Gasteiger charge is 2.39.